The molecular weight excluding hydrogens is 406 g/mol. The zero-order valence-corrected chi connectivity index (χ0v) is 17.0. The number of nitrogens with two attached hydrogens (primary N) is 1. The summed E-state index contributed by atoms with van der Waals surface area (Å²) in [5.41, 5.74) is 5.66. The molecule has 2 aromatic carbocycles. The third kappa shape index (κ3) is 7.01. The van der Waals surface area contributed by atoms with Gasteiger partial charge in [0.2, 0.25) is 10.0 Å². The van der Waals surface area contributed by atoms with Crippen LogP contribution in [0.2, 0.25) is 0 Å². The van der Waals surface area contributed by atoms with Gasteiger partial charge in [-0.3, -0.25) is 4.79 Å². The lowest BCUT2D eigenvalue weighted by atomic mass is 10.3. The number of halogens is 1. The topological polar surface area (TPSA) is 120 Å². The second-order valence-electron chi connectivity index (χ2n) is 5.43. The SMILES string of the molecule is CCOc1ccccc1OCC(=O)Nc1cccc(S(=O)(=O)NCCN)c1.Cl. The second kappa shape index (κ2) is 11.5. The molecule has 0 saturated heterocycles. The van der Waals surface area contributed by atoms with Crippen molar-refractivity contribution < 1.29 is 22.7 Å². The number of ether oxygens (including phenoxy) is 2. The molecule has 8 nitrogen and oxygen atoms in total. The number of amides is 1. The second-order valence-corrected chi connectivity index (χ2v) is 7.20. The summed E-state index contributed by atoms with van der Waals surface area (Å²) >= 11 is 0. The molecule has 0 aliphatic heterocycles. The Labute approximate surface area is 170 Å². The van der Waals surface area contributed by atoms with Gasteiger partial charge in [-0.15, -0.1) is 12.4 Å². The molecular formula is C18H24ClN3O5S. The van der Waals surface area contributed by atoms with E-state index in [9.17, 15) is 13.2 Å². The third-order valence-electron chi connectivity index (χ3n) is 3.37. The molecule has 154 valence electrons. The molecule has 0 aliphatic carbocycles. The lowest BCUT2D eigenvalue weighted by molar-refractivity contribution is -0.118. The summed E-state index contributed by atoms with van der Waals surface area (Å²) in [5, 5.41) is 2.61. The van der Waals surface area contributed by atoms with Crippen LogP contribution in [0.15, 0.2) is 53.4 Å². The van der Waals surface area contributed by atoms with Gasteiger partial charge in [0.1, 0.15) is 0 Å². The Balaban J connectivity index is 0.00000392. The van der Waals surface area contributed by atoms with Crippen LogP contribution in [0.1, 0.15) is 6.92 Å². The Kier molecular flexibility index (Phi) is 9.74. The minimum atomic E-state index is -3.68. The number of nitrogens with one attached hydrogen (secondary N) is 2. The van der Waals surface area contributed by atoms with Crippen molar-refractivity contribution >= 4 is 34.0 Å². The van der Waals surface area contributed by atoms with Crippen LogP contribution in [0.3, 0.4) is 0 Å². The molecule has 0 radical (unpaired) electrons. The average Bonchev–Trinajstić information content (AvgIpc) is 2.66. The summed E-state index contributed by atoms with van der Waals surface area (Å²) in [6, 6.07) is 13.0. The molecule has 0 fully saturated rings. The summed E-state index contributed by atoms with van der Waals surface area (Å²) < 4.78 is 37.5. The van der Waals surface area contributed by atoms with Gasteiger partial charge in [0.05, 0.1) is 11.5 Å². The predicted octanol–water partition coefficient (Wildman–Crippen LogP) is 1.76. The van der Waals surface area contributed by atoms with Crippen molar-refractivity contribution in [3.8, 4) is 11.5 Å². The van der Waals surface area contributed by atoms with E-state index in [1.807, 2.05) is 13.0 Å². The van der Waals surface area contributed by atoms with Gasteiger partial charge in [0, 0.05) is 18.8 Å². The summed E-state index contributed by atoms with van der Waals surface area (Å²) in [4.78, 5) is 12.2. The van der Waals surface area contributed by atoms with Crippen LogP contribution in [0.25, 0.3) is 0 Å². The molecule has 0 spiro atoms. The summed E-state index contributed by atoms with van der Waals surface area (Å²) in [6.45, 7) is 2.41. The van der Waals surface area contributed by atoms with E-state index in [2.05, 4.69) is 10.0 Å². The van der Waals surface area contributed by atoms with Crippen molar-refractivity contribution in [3.63, 3.8) is 0 Å². The fourth-order valence-corrected chi connectivity index (χ4v) is 3.30. The van der Waals surface area contributed by atoms with Crippen molar-refractivity contribution in [1.29, 1.82) is 0 Å². The van der Waals surface area contributed by atoms with Gasteiger partial charge in [-0.2, -0.15) is 0 Å². The monoisotopic (exact) mass is 429 g/mol. The molecule has 28 heavy (non-hydrogen) atoms. The molecule has 1 amide bonds. The Hall–Kier alpha value is -2.33. The van der Waals surface area contributed by atoms with Gasteiger partial charge < -0.3 is 20.5 Å². The lowest BCUT2D eigenvalue weighted by Crippen LogP contribution is -2.29. The van der Waals surface area contributed by atoms with Crippen LogP contribution in [-0.2, 0) is 14.8 Å². The number of anilines is 1. The van der Waals surface area contributed by atoms with Crippen molar-refractivity contribution in [2.24, 2.45) is 5.73 Å². The Morgan fingerprint density at radius 1 is 1.07 bits per heavy atom. The van der Waals surface area contributed by atoms with Crippen molar-refractivity contribution in [2.75, 3.05) is 31.6 Å². The van der Waals surface area contributed by atoms with E-state index < -0.39 is 15.9 Å². The largest absolute Gasteiger partial charge is 0.490 e. The molecule has 0 heterocycles. The maximum atomic E-state index is 12.1. The van der Waals surface area contributed by atoms with Gasteiger partial charge in [-0.1, -0.05) is 18.2 Å². The van der Waals surface area contributed by atoms with Crippen molar-refractivity contribution in [1.82, 2.24) is 4.72 Å². The van der Waals surface area contributed by atoms with Gasteiger partial charge >= 0.3 is 0 Å². The molecule has 0 unspecified atom stereocenters. The molecule has 0 saturated carbocycles. The summed E-state index contributed by atoms with van der Waals surface area (Å²) in [6.07, 6.45) is 0. The van der Waals surface area contributed by atoms with Gasteiger partial charge in [0.15, 0.2) is 18.1 Å². The number of sulfonamides is 1. The molecule has 0 atom stereocenters. The molecule has 10 heteroatoms. The predicted molar refractivity (Wildman–Crippen MR) is 110 cm³/mol. The fourth-order valence-electron chi connectivity index (χ4n) is 2.20. The van der Waals surface area contributed by atoms with Gasteiger partial charge in [-0.05, 0) is 37.3 Å². The zero-order valence-electron chi connectivity index (χ0n) is 15.4. The normalized spacial score (nSPS) is 10.6. The van der Waals surface area contributed by atoms with Gasteiger partial charge in [0.25, 0.3) is 5.91 Å². The van der Waals surface area contributed by atoms with Gasteiger partial charge in [-0.25, -0.2) is 13.1 Å². The molecule has 4 N–H and O–H groups in total. The first-order chi connectivity index (χ1) is 13.0. The van der Waals surface area contributed by atoms with E-state index in [-0.39, 0.29) is 37.0 Å². The number of carbonyl (C=O) groups excluding carboxylic acids is 1. The highest BCUT2D eigenvalue weighted by Gasteiger charge is 2.14. The Bertz CT molecular complexity index is 877. The maximum Gasteiger partial charge on any atom is 0.262 e. The van der Waals surface area contributed by atoms with E-state index in [0.29, 0.717) is 23.8 Å². The van der Waals surface area contributed by atoms with Crippen LogP contribution < -0.4 is 25.2 Å². The van der Waals surface area contributed by atoms with Crippen LogP contribution in [0, 0.1) is 0 Å². The minimum Gasteiger partial charge on any atom is -0.490 e. The summed E-state index contributed by atoms with van der Waals surface area (Å²) in [5.74, 6) is 0.578. The summed E-state index contributed by atoms with van der Waals surface area (Å²) in [7, 11) is -3.68. The van der Waals surface area contributed by atoms with Crippen molar-refractivity contribution in [3.05, 3.63) is 48.5 Å². The third-order valence-corrected chi connectivity index (χ3v) is 4.83. The number of hydrogen-bond donors (Lipinski definition) is 3. The first-order valence-corrected chi connectivity index (χ1v) is 9.89. The number of para-hydroxylation sites is 2. The average molecular weight is 430 g/mol. The molecule has 2 aromatic rings. The first kappa shape index (κ1) is 23.7. The standard InChI is InChI=1S/C18H23N3O5S.ClH/c1-2-25-16-8-3-4-9-17(16)26-13-18(22)21-14-6-5-7-15(12-14)27(23,24)20-11-10-19;/h3-9,12,20H,2,10-11,13,19H2,1H3,(H,21,22);1H. The lowest BCUT2D eigenvalue weighted by Gasteiger charge is -2.12. The highest BCUT2D eigenvalue weighted by Crippen LogP contribution is 2.26. The molecule has 0 aromatic heterocycles. The van der Waals surface area contributed by atoms with Crippen LogP contribution in [0.5, 0.6) is 11.5 Å². The van der Waals surface area contributed by atoms with E-state index in [4.69, 9.17) is 15.2 Å². The Morgan fingerprint density at radius 2 is 1.75 bits per heavy atom. The zero-order chi connectivity index (χ0) is 19.7. The van der Waals surface area contributed by atoms with Crippen LogP contribution in [-0.4, -0.2) is 40.6 Å². The van der Waals surface area contributed by atoms with Crippen LogP contribution >= 0.6 is 12.4 Å². The number of carbonyl (C=O) groups is 1. The Morgan fingerprint density at radius 3 is 2.39 bits per heavy atom. The molecule has 0 bridgehead atoms. The number of hydrogen-bond acceptors (Lipinski definition) is 6. The van der Waals surface area contributed by atoms with E-state index in [1.165, 1.54) is 18.2 Å². The first-order valence-electron chi connectivity index (χ1n) is 8.40. The number of benzene rings is 2. The maximum absolute atomic E-state index is 12.1. The molecule has 0 aliphatic rings. The number of rotatable bonds is 10. The quantitative estimate of drug-likeness (QED) is 0.529. The van der Waals surface area contributed by atoms with Crippen molar-refractivity contribution in [2.45, 2.75) is 11.8 Å². The molecule has 2 rings (SSSR count). The van der Waals surface area contributed by atoms with E-state index >= 15 is 0 Å². The minimum absolute atomic E-state index is 0. The van der Waals surface area contributed by atoms with Crippen LogP contribution in [0.4, 0.5) is 5.69 Å². The van der Waals surface area contributed by atoms with E-state index in [0.717, 1.165) is 0 Å². The smallest absolute Gasteiger partial charge is 0.262 e. The highest BCUT2D eigenvalue weighted by atomic mass is 35.5. The van der Waals surface area contributed by atoms with E-state index in [1.54, 1.807) is 24.3 Å². The fraction of sp³-hybridized carbons (Fsp3) is 0.278. The highest BCUT2D eigenvalue weighted by molar-refractivity contribution is 7.89.